The summed E-state index contributed by atoms with van der Waals surface area (Å²) in [6.07, 6.45) is 0. The molecule has 0 amide bonds. The predicted octanol–water partition coefficient (Wildman–Crippen LogP) is 0.512. The zero-order valence-corrected chi connectivity index (χ0v) is 3.16. The van der Waals surface area contributed by atoms with Gasteiger partial charge in [-0.2, -0.15) is 0 Å². The monoisotopic (exact) mass is 150 g/mol. The van der Waals surface area contributed by atoms with E-state index in [1.807, 2.05) is 0 Å². The van der Waals surface area contributed by atoms with Crippen LogP contribution in [0.15, 0.2) is 0 Å². The second-order valence-corrected chi connectivity index (χ2v) is 0. The second kappa shape index (κ2) is 37.1. The first-order valence-corrected chi connectivity index (χ1v) is 0. The van der Waals surface area contributed by atoms with E-state index in [1.54, 1.807) is 0 Å². The van der Waals surface area contributed by atoms with Crippen LogP contribution in [0.1, 0.15) is 7.43 Å². The third kappa shape index (κ3) is 12.2. The Kier molecular flexibility index (Phi) is 769. The van der Waals surface area contributed by atoms with Crippen LogP contribution in [0, 0.1) is 0 Å². The van der Waals surface area contributed by atoms with Gasteiger partial charge in [0.1, 0.15) is 0 Å². The van der Waals surface area contributed by atoms with E-state index in [0.29, 0.717) is 0 Å². The first-order valence-electron chi connectivity index (χ1n) is 0. The molecule has 0 aromatic carbocycles. The summed E-state index contributed by atoms with van der Waals surface area (Å²) in [5.74, 6) is 0. The van der Waals surface area contributed by atoms with Crippen molar-refractivity contribution in [3.05, 3.63) is 0 Å². The molecule has 0 rings (SSSR count). The van der Waals surface area contributed by atoms with Crippen molar-refractivity contribution in [2.24, 2.45) is 0 Å². The summed E-state index contributed by atoms with van der Waals surface area (Å²) in [6.45, 7) is 0. The number of hydrogen-bond acceptors (Lipinski definition) is 0. The summed E-state index contributed by atoms with van der Waals surface area (Å²) in [5.41, 5.74) is 0. The van der Waals surface area contributed by atoms with Gasteiger partial charge in [0.15, 0.2) is 0 Å². The average molecular weight is 150 g/mol. The molecule has 0 N–H and O–H groups in total. The van der Waals surface area contributed by atoms with E-state index in [9.17, 15) is 0 Å². The van der Waals surface area contributed by atoms with E-state index in [-0.39, 0.29) is 46.5 Å². The summed E-state index contributed by atoms with van der Waals surface area (Å²) >= 11 is 0. The van der Waals surface area contributed by atoms with E-state index in [1.165, 1.54) is 0 Å². The van der Waals surface area contributed by atoms with Gasteiger partial charge in [0.25, 0.3) is 0 Å². The van der Waals surface area contributed by atoms with Crippen LogP contribution in [-0.2, 0) is 39.0 Å². The van der Waals surface area contributed by atoms with E-state index >= 15 is 0 Å². The maximum absolute atomic E-state index is 0. The van der Waals surface area contributed by atoms with Gasteiger partial charge in [0.05, 0.1) is 0 Å². The van der Waals surface area contributed by atoms with Gasteiger partial charge >= 0.3 is 16.8 Å². The fourth-order valence-corrected chi connectivity index (χ4v) is 0. The molecule has 0 aromatic rings. The summed E-state index contributed by atoms with van der Waals surface area (Å²) in [4.78, 5) is 0. The molecule has 3 heteroatoms. The molecule has 0 atom stereocenters. The topological polar surface area (TPSA) is 28.5 Å². The van der Waals surface area contributed by atoms with E-state index < -0.39 is 0 Å². The smallest absolute Gasteiger partial charge is 2.00 e. The molecule has 0 aromatic heterocycles. The van der Waals surface area contributed by atoms with Gasteiger partial charge < -0.3 is 5.48 Å². The van der Waals surface area contributed by atoms with Crippen LogP contribution in [0.25, 0.3) is 0 Å². The fraction of sp³-hybridized carbons (Fsp3) is 1.00. The Morgan fingerprint density at radius 1 is 1.00 bits per heavy atom. The van der Waals surface area contributed by atoms with Crippen molar-refractivity contribution in [2.45, 2.75) is 7.43 Å². The van der Waals surface area contributed by atoms with Gasteiger partial charge in [-0.1, -0.05) is 7.43 Å². The number of hydrogen-bond donors (Lipinski definition) is 0. The maximum atomic E-state index is 0. The summed E-state index contributed by atoms with van der Waals surface area (Å²) in [7, 11) is 0. The molecule has 32 valence electrons. The number of rotatable bonds is 0. The van der Waals surface area contributed by atoms with Crippen LogP contribution in [0.3, 0.4) is 0 Å². The molecule has 0 spiro atoms. The normalized spacial score (nSPS) is 0. The maximum Gasteiger partial charge on any atom is 2.00 e. The van der Waals surface area contributed by atoms with Crippen molar-refractivity contribution in [1.29, 1.82) is 0 Å². The van der Waals surface area contributed by atoms with Crippen molar-refractivity contribution in [2.75, 3.05) is 0 Å². The average Bonchev–Trinajstić information content (AvgIpc) is 0. The van der Waals surface area contributed by atoms with Crippen LogP contribution < -0.4 is 0 Å². The molecular weight excluding hydrogens is 146 g/mol. The first kappa shape index (κ1) is 82.9. The Balaban J connectivity index is 0. The van der Waals surface area contributed by atoms with Gasteiger partial charge in [-0.3, -0.25) is 0 Å². The summed E-state index contributed by atoms with van der Waals surface area (Å²) in [6, 6.07) is 0. The zero-order chi connectivity index (χ0) is 0. The summed E-state index contributed by atoms with van der Waals surface area (Å²) in [5, 5.41) is 0. The zero-order valence-electron chi connectivity index (χ0n) is 1.07. The summed E-state index contributed by atoms with van der Waals surface area (Å²) < 4.78 is 0. The minimum absolute atomic E-state index is 0. The Bertz CT molecular complexity index is 6.00. The van der Waals surface area contributed by atoms with Crippen molar-refractivity contribution >= 4 is 0 Å². The SMILES string of the molecule is C.[Co+2].[Co].[O-2]. The predicted molar refractivity (Wildman–Crippen MR) is 7.42 cm³/mol. The molecular formula is CH4Co2O. The standard InChI is InChI=1S/CH4.2Co.O/h1H4;;;/q;;+2;-2. The third-order valence-corrected chi connectivity index (χ3v) is 0. The van der Waals surface area contributed by atoms with Crippen LogP contribution in [0.2, 0.25) is 0 Å². The Morgan fingerprint density at radius 3 is 1.00 bits per heavy atom. The Labute approximate surface area is 46.9 Å². The molecule has 0 saturated carbocycles. The minimum Gasteiger partial charge on any atom is -2.00 e. The van der Waals surface area contributed by atoms with Crippen LogP contribution in [0.4, 0.5) is 0 Å². The fourth-order valence-electron chi connectivity index (χ4n) is 0. The minimum atomic E-state index is 0. The third-order valence-electron chi connectivity index (χ3n) is 0. The molecule has 1 nitrogen and oxygen atoms in total. The molecule has 0 heterocycles. The van der Waals surface area contributed by atoms with Crippen molar-refractivity contribution in [1.82, 2.24) is 0 Å². The van der Waals surface area contributed by atoms with Crippen LogP contribution in [-0.4, -0.2) is 0 Å². The largest absolute Gasteiger partial charge is 2.00 e. The molecule has 0 unspecified atom stereocenters. The van der Waals surface area contributed by atoms with E-state index in [0.717, 1.165) is 0 Å². The van der Waals surface area contributed by atoms with Gasteiger partial charge in [-0.05, 0) is 0 Å². The molecule has 0 bridgehead atoms. The Morgan fingerprint density at radius 2 is 1.00 bits per heavy atom. The molecule has 0 aliphatic rings. The van der Waals surface area contributed by atoms with Crippen LogP contribution in [0.5, 0.6) is 0 Å². The first-order chi connectivity index (χ1) is 0. The molecule has 0 saturated heterocycles. The molecule has 0 aliphatic carbocycles. The molecule has 2 radical (unpaired) electrons. The quantitative estimate of drug-likeness (QED) is 0.481. The van der Waals surface area contributed by atoms with Gasteiger partial charge in [0.2, 0.25) is 0 Å². The van der Waals surface area contributed by atoms with Crippen molar-refractivity contribution in [3.63, 3.8) is 0 Å². The Hall–Kier alpha value is 0.973. The van der Waals surface area contributed by atoms with Gasteiger partial charge in [-0.25, -0.2) is 0 Å². The molecule has 0 aliphatic heterocycles. The van der Waals surface area contributed by atoms with Crippen molar-refractivity contribution < 1.29 is 39.0 Å². The van der Waals surface area contributed by atoms with Crippen molar-refractivity contribution in [3.8, 4) is 0 Å². The van der Waals surface area contributed by atoms with Crippen LogP contribution >= 0.6 is 0 Å². The van der Waals surface area contributed by atoms with E-state index in [2.05, 4.69) is 0 Å². The molecule has 0 fully saturated rings. The van der Waals surface area contributed by atoms with Gasteiger partial charge in [0, 0.05) is 16.8 Å². The molecule has 4 heavy (non-hydrogen) atoms. The van der Waals surface area contributed by atoms with E-state index in [4.69, 9.17) is 0 Å². The second-order valence-electron chi connectivity index (χ2n) is 0. The van der Waals surface area contributed by atoms with Gasteiger partial charge in [-0.15, -0.1) is 0 Å².